The van der Waals surface area contributed by atoms with Crippen LogP contribution in [-0.4, -0.2) is 21.0 Å². The summed E-state index contributed by atoms with van der Waals surface area (Å²) in [6.45, 7) is 3.87. The summed E-state index contributed by atoms with van der Waals surface area (Å²) >= 11 is 1.38. The van der Waals surface area contributed by atoms with E-state index in [1.165, 1.54) is 11.3 Å². The summed E-state index contributed by atoms with van der Waals surface area (Å²) in [7, 11) is 0. The molecule has 0 fully saturated rings. The molecule has 2 rings (SSSR count). The van der Waals surface area contributed by atoms with Crippen LogP contribution < -0.4 is 11.1 Å². The average Bonchev–Trinajstić information content (AvgIpc) is 3.06. The number of hydrogen-bond acceptors (Lipinski definition) is 7. The Hall–Kier alpha value is -1.96. The van der Waals surface area contributed by atoms with Gasteiger partial charge in [-0.1, -0.05) is 12.1 Å². The molecule has 2 heterocycles. The Morgan fingerprint density at radius 3 is 2.95 bits per heavy atom. The lowest BCUT2D eigenvalue weighted by molar-refractivity contribution is -0.121. The van der Waals surface area contributed by atoms with Gasteiger partial charge in [-0.25, -0.2) is 4.98 Å². The molecule has 2 aromatic heterocycles. The molecule has 0 aromatic carbocycles. The van der Waals surface area contributed by atoms with E-state index in [9.17, 15) is 4.79 Å². The van der Waals surface area contributed by atoms with Gasteiger partial charge in [-0.15, -0.1) is 11.3 Å². The standard InChI is InChI=1S/C13H19N5O2S/c1-3-4-10-17-12(20-18-10)8(2)15-11(19)6-5-9-7-21-13(14)16-9/h7-8H,3-6H2,1-2H3,(H2,14,16)(H,15,19)/t8-/m1/s1. The fourth-order valence-corrected chi connectivity index (χ4v) is 2.42. The molecular formula is C13H19N5O2S. The van der Waals surface area contributed by atoms with E-state index in [0.29, 0.717) is 29.7 Å². The number of nitrogens with two attached hydrogens (primary N) is 1. The predicted octanol–water partition coefficient (Wildman–Crippen LogP) is 1.87. The van der Waals surface area contributed by atoms with Crippen LogP contribution in [0.15, 0.2) is 9.90 Å². The largest absolute Gasteiger partial charge is 0.375 e. The highest BCUT2D eigenvalue weighted by Gasteiger charge is 2.16. The van der Waals surface area contributed by atoms with E-state index < -0.39 is 0 Å². The second kappa shape index (κ2) is 7.16. The molecule has 0 aliphatic rings. The van der Waals surface area contributed by atoms with Gasteiger partial charge in [0, 0.05) is 18.2 Å². The highest BCUT2D eigenvalue weighted by Crippen LogP contribution is 2.14. The molecule has 21 heavy (non-hydrogen) atoms. The number of nitrogens with one attached hydrogen (secondary N) is 1. The molecule has 0 saturated heterocycles. The molecule has 114 valence electrons. The van der Waals surface area contributed by atoms with Gasteiger partial charge in [0.05, 0.1) is 5.69 Å². The lowest BCUT2D eigenvalue weighted by Gasteiger charge is -2.08. The first-order valence-corrected chi connectivity index (χ1v) is 7.78. The first-order chi connectivity index (χ1) is 10.1. The van der Waals surface area contributed by atoms with Crippen molar-refractivity contribution in [1.29, 1.82) is 0 Å². The van der Waals surface area contributed by atoms with Gasteiger partial charge < -0.3 is 15.6 Å². The van der Waals surface area contributed by atoms with Gasteiger partial charge in [-0.2, -0.15) is 4.98 Å². The lowest BCUT2D eigenvalue weighted by Crippen LogP contribution is -2.27. The zero-order valence-electron chi connectivity index (χ0n) is 12.1. The number of nitrogens with zero attached hydrogens (tertiary/aromatic N) is 3. The third-order valence-electron chi connectivity index (χ3n) is 2.88. The fourth-order valence-electron chi connectivity index (χ4n) is 1.82. The Morgan fingerprint density at radius 1 is 1.48 bits per heavy atom. The minimum atomic E-state index is -0.295. The summed E-state index contributed by atoms with van der Waals surface area (Å²) in [6.07, 6.45) is 2.65. The van der Waals surface area contributed by atoms with E-state index in [1.807, 2.05) is 19.2 Å². The number of amides is 1. The van der Waals surface area contributed by atoms with E-state index in [0.717, 1.165) is 18.5 Å². The first kappa shape index (κ1) is 15.4. The summed E-state index contributed by atoms with van der Waals surface area (Å²) in [6, 6.07) is -0.295. The number of anilines is 1. The first-order valence-electron chi connectivity index (χ1n) is 6.90. The minimum absolute atomic E-state index is 0.0793. The highest BCUT2D eigenvalue weighted by atomic mass is 32.1. The zero-order valence-corrected chi connectivity index (χ0v) is 12.9. The quantitative estimate of drug-likeness (QED) is 0.808. The van der Waals surface area contributed by atoms with Crippen LogP contribution in [0.3, 0.4) is 0 Å². The van der Waals surface area contributed by atoms with Crippen molar-refractivity contribution in [2.45, 2.75) is 45.6 Å². The molecular weight excluding hydrogens is 290 g/mol. The Morgan fingerprint density at radius 2 is 2.29 bits per heavy atom. The molecule has 1 amide bonds. The number of aryl methyl sites for hydroxylation is 2. The van der Waals surface area contributed by atoms with Crippen LogP contribution in [0, 0.1) is 0 Å². The second-order valence-corrected chi connectivity index (χ2v) is 5.65. The van der Waals surface area contributed by atoms with Crippen LogP contribution in [0.1, 0.15) is 50.1 Å². The van der Waals surface area contributed by atoms with Gasteiger partial charge in [0.15, 0.2) is 11.0 Å². The van der Waals surface area contributed by atoms with Crippen LogP contribution in [-0.2, 0) is 17.6 Å². The normalized spacial score (nSPS) is 12.3. The molecule has 3 N–H and O–H groups in total. The molecule has 0 spiro atoms. The molecule has 0 bridgehead atoms. The van der Waals surface area contributed by atoms with E-state index in [1.54, 1.807) is 0 Å². The van der Waals surface area contributed by atoms with Gasteiger partial charge in [-0.05, 0) is 19.8 Å². The van der Waals surface area contributed by atoms with E-state index in [-0.39, 0.29) is 11.9 Å². The van der Waals surface area contributed by atoms with E-state index in [2.05, 4.69) is 20.4 Å². The Bertz CT molecular complexity index is 595. The monoisotopic (exact) mass is 309 g/mol. The molecule has 7 nitrogen and oxygen atoms in total. The van der Waals surface area contributed by atoms with Crippen LogP contribution >= 0.6 is 11.3 Å². The van der Waals surface area contributed by atoms with Gasteiger partial charge >= 0.3 is 0 Å². The maximum atomic E-state index is 11.9. The smallest absolute Gasteiger partial charge is 0.248 e. The van der Waals surface area contributed by atoms with Crippen molar-refractivity contribution in [2.75, 3.05) is 5.73 Å². The molecule has 0 radical (unpaired) electrons. The molecule has 0 saturated carbocycles. The minimum Gasteiger partial charge on any atom is -0.375 e. The summed E-state index contributed by atoms with van der Waals surface area (Å²) < 4.78 is 5.14. The van der Waals surface area contributed by atoms with Crippen molar-refractivity contribution in [3.05, 3.63) is 22.8 Å². The van der Waals surface area contributed by atoms with E-state index in [4.69, 9.17) is 10.3 Å². The predicted molar refractivity (Wildman–Crippen MR) is 79.7 cm³/mol. The molecule has 8 heteroatoms. The Labute approximate surface area is 127 Å². The van der Waals surface area contributed by atoms with Crippen LogP contribution in [0.5, 0.6) is 0 Å². The van der Waals surface area contributed by atoms with Gasteiger partial charge in [0.2, 0.25) is 11.8 Å². The summed E-state index contributed by atoms with van der Waals surface area (Å²) in [5.74, 6) is 1.03. The fraction of sp³-hybridized carbons (Fsp3) is 0.538. The average molecular weight is 309 g/mol. The molecule has 0 aliphatic heterocycles. The highest BCUT2D eigenvalue weighted by molar-refractivity contribution is 7.13. The molecule has 1 atom stereocenters. The molecule has 0 aliphatic carbocycles. The van der Waals surface area contributed by atoms with Crippen LogP contribution in [0.4, 0.5) is 5.13 Å². The van der Waals surface area contributed by atoms with Crippen molar-refractivity contribution in [1.82, 2.24) is 20.4 Å². The maximum Gasteiger partial charge on any atom is 0.248 e. The number of hydrogen-bond donors (Lipinski definition) is 2. The zero-order chi connectivity index (χ0) is 15.2. The number of thiazole rings is 1. The third-order valence-corrected chi connectivity index (χ3v) is 3.61. The lowest BCUT2D eigenvalue weighted by atomic mass is 10.2. The van der Waals surface area contributed by atoms with Crippen LogP contribution in [0.2, 0.25) is 0 Å². The Balaban J connectivity index is 1.80. The van der Waals surface area contributed by atoms with Gasteiger partial charge in [0.1, 0.15) is 6.04 Å². The Kier molecular flexibility index (Phi) is 5.26. The van der Waals surface area contributed by atoms with Crippen molar-refractivity contribution < 1.29 is 9.32 Å². The van der Waals surface area contributed by atoms with Gasteiger partial charge in [-0.3, -0.25) is 4.79 Å². The molecule has 2 aromatic rings. The second-order valence-electron chi connectivity index (χ2n) is 4.77. The van der Waals surface area contributed by atoms with Gasteiger partial charge in [0.25, 0.3) is 0 Å². The number of carbonyl (C=O) groups is 1. The third kappa shape index (κ3) is 4.52. The van der Waals surface area contributed by atoms with Crippen molar-refractivity contribution in [2.24, 2.45) is 0 Å². The number of nitrogen functional groups attached to an aromatic ring is 1. The number of carbonyl (C=O) groups excluding carboxylic acids is 1. The molecule has 0 unspecified atom stereocenters. The summed E-state index contributed by atoms with van der Waals surface area (Å²) in [5, 5.41) is 9.09. The van der Waals surface area contributed by atoms with Crippen molar-refractivity contribution in [3.63, 3.8) is 0 Å². The van der Waals surface area contributed by atoms with Crippen LogP contribution in [0.25, 0.3) is 0 Å². The van der Waals surface area contributed by atoms with Crippen molar-refractivity contribution in [3.8, 4) is 0 Å². The number of aromatic nitrogens is 3. The van der Waals surface area contributed by atoms with E-state index >= 15 is 0 Å². The van der Waals surface area contributed by atoms with Crippen molar-refractivity contribution >= 4 is 22.4 Å². The summed E-state index contributed by atoms with van der Waals surface area (Å²) in [4.78, 5) is 20.3. The number of rotatable bonds is 7. The SMILES string of the molecule is CCCc1noc([C@@H](C)NC(=O)CCc2csc(N)n2)n1. The maximum absolute atomic E-state index is 11.9. The topological polar surface area (TPSA) is 107 Å². The summed E-state index contributed by atoms with van der Waals surface area (Å²) in [5.41, 5.74) is 6.38.